The topological polar surface area (TPSA) is 75.7 Å². The first-order valence-electron chi connectivity index (χ1n) is 8.57. The highest BCUT2D eigenvalue weighted by molar-refractivity contribution is 5.54. The zero-order chi connectivity index (χ0) is 15.5. The van der Waals surface area contributed by atoms with Crippen molar-refractivity contribution >= 4 is 0 Å². The second-order valence-corrected chi connectivity index (χ2v) is 6.64. The maximum atomic E-state index is 5.89. The molecule has 0 radical (unpaired) electrons. The maximum absolute atomic E-state index is 5.89. The van der Waals surface area contributed by atoms with Gasteiger partial charge >= 0.3 is 0 Å². The largest absolute Gasteiger partial charge is 0.494 e. The molecule has 0 spiro atoms. The van der Waals surface area contributed by atoms with Crippen molar-refractivity contribution in [3.8, 4) is 17.1 Å². The molecule has 1 aromatic heterocycles. The average molecular weight is 313 g/mol. The van der Waals surface area contributed by atoms with Crippen LogP contribution < -0.4 is 10.1 Å². The maximum Gasteiger partial charge on any atom is 0.204 e. The van der Waals surface area contributed by atoms with Crippen LogP contribution in [0.15, 0.2) is 24.3 Å². The highest BCUT2D eigenvalue weighted by Gasteiger charge is 2.42. The van der Waals surface area contributed by atoms with Crippen molar-refractivity contribution in [2.24, 2.45) is 17.8 Å². The minimum atomic E-state index is 0.611. The van der Waals surface area contributed by atoms with E-state index in [2.05, 4.69) is 25.9 Å². The van der Waals surface area contributed by atoms with Gasteiger partial charge < -0.3 is 10.1 Å². The highest BCUT2D eigenvalue weighted by Crippen LogP contribution is 2.49. The lowest BCUT2D eigenvalue weighted by Crippen LogP contribution is -2.29. The van der Waals surface area contributed by atoms with Gasteiger partial charge in [0.1, 0.15) is 5.75 Å². The van der Waals surface area contributed by atoms with Crippen LogP contribution in [-0.4, -0.2) is 40.3 Å². The molecule has 0 bridgehead atoms. The molecule has 1 aromatic carbocycles. The number of aromatic amines is 1. The Balaban J connectivity index is 1.21. The molecule has 2 aromatic rings. The van der Waals surface area contributed by atoms with Gasteiger partial charge in [-0.25, -0.2) is 0 Å². The Labute approximate surface area is 136 Å². The third-order valence-electron chi connectivity index (χ3n) is 5.18. The third kappa shape index (κ3) is 3.52. The molecule has 122 valence electrons. The molecule has 1 aliphatic carbocycles. The second-order valence-electron chi connectivity index (χ2n) is 6.64. The van der Waals surface area contributed by atoms with Crippen LogP contribution in [0.2, 0.25) is 0 Å². The predicted octanol–water partition coefficient (Wildman–Crippen LogP) is 2.27. The molecule has 0 amide bonds. The first-order chi connectivity index (χ1) is 11.4. The Morgan fingerprint density at radius 1 is 1.13 bits per heavy atom. The van der Waals surface area contributed by atoms with Gasteiger partial charge in [0.05, 0.1) is 6.61 Å². The number of tetrazole rings is 1. The molecule has 2 aliphatic rings. The Kier molecular flexibility index (Phi) is 4.24. The molecule has 2 atom stereocenters. The fraction of sp³-hybridized carbons (Fsp3) is 0.588. The molecule has 2 N–H and O–H groups in total. The van der Waals surface area contributed by atoms with Gasteiger partial charge in [0.25, 0.3) is 0 Å². The summed E-state index contributed by atoms with van der Waals surface area (Å²) in [6.07, 6.45) is 5.31. The van der Waals surface area contributed by atoms with Crippen LogP contribution in [0.25, 0.3) is 11.4 Å². The van der Waals surface area contributed by atoms with Crippen molar-refractivity contribution in [2.75, 3.05) is 19.7 Å². The van der Waals surface area contributed by atoms with Crippen molar-refractivity contribution in [3.63, 3.8) is 0 Å². The van der Waals surface area contributed by atoms with E-state index in [1.165, 1.54) is 38.8 Å². The SMILES string of the molecule is c1cc(-c2nn[nH]n2)ccc1OCCC1CC1C1CCNCC1. The molecular weight excluding hydrogens is 290 g/mol. The minimum Gasteiger partial charge on any atom is -0.494 e. The number of hydrogen-bond donors (Lipinski definition) is 2. The number of nitrogens with one attached hydrogen (secondary N) is 2. The van der Waals surface area contributed by atoms with E-state index >= 15 is 0 Å². The summed E-state index contributed by atoms with van der Waals surface area (Å²) in [5.41, 5.74) is 0.944. The van der Waals surface area contributed by atoms with Gasteiger partial charge in [0.15, 0.2) is 0 Å². The first-order valence-corrected chi connectivity index (χ1v) is 8.57. The van der Waals surface area contributed by atoms with Gasteiger partial charge in [-0.3, -0.25) is 0 Å². The zero-order valence-electron chi connectivity index (χ0n) is 13.2. The van der Waals surface area contributed by atoms with Crippen molar-refractivity contribution < 1.29 is 4.74 Å². The molecule has 6 nitrogen and oxygen atoms in total. The van der Waals surface area contributed by atoms with E-state index in [-0.39, 0.29) is 0 Å². The molecule has 1 aliphatic heterocycles. The Morgan fingerprint density at radius 2 is 1.96 bits per heavy atom. The van der Waals surface area contributed by atoms with Crippen LogP contribution in [0.3, 0.4) is 0 Å². The summed E-state index contributed by atoms with van der Waals surface area (Å²) in [6, 6.07) is 7.88. The standard InChI is InChI=1S/C17H23N5O/c1-3-15(4-2-13(1)17-19-21-22-20-17)23-10-7-14-11-16(14)12-5-8-18-9-6-12/h1-4,12,14,16,18H,5-11H2,(H,19,20,21,22). The molecule has 1 saturated heterocycles. The van der Waals surface area contributed by atoms with Gasteiger partial charge in [-0.05, 0) is 86.0 Å². The lowest BCUT2D eigenvalue weighted by molar-refractivity contribution is 0.279. The molecule has 2 heterocycles. The van der Waals surface area contributed by atoms with Crippen LogP contribution in [0.4, 0.5) is 0 Å². The summed E-state index contributed by atoms with van der Waals surface area (Å²) >= 11 is 0. The summed E-state index contributed by atoms with van der Waals surface area (Å²) in [4.78, 5) is 0. The molecule has 23 heavy (non-hydrogen) atoms. The molecular formula is C17H23N5O. The fourth-order valence-corrected chi connectivity index (χ4v) is 3.77. The number of ether oxygens (including phenoxy) is 1. The summed E-state index contributed by atoms with van der Waals surface area (Å²) in [5.74, 6) is 4.32. The normalized spacial score (nSPS) is 24.5. The van der Waals surface area contributed by atoms with E-state index in [1.807, 2.05) is 24.3 Å². The number of hydrogen-bond acceptors (Lipinski definition) is 5. The zero-order valence-corrected chi connectivity index (χ0v) is 13.2. The summed E-state index contributed by atoms with van der Waals surface area (Å²) < 4.78 is 5.89. The lowest BCUT2D eigenvalue weighted by atomic mass is 9.91. The third-order valence-corrected chi connectivity index (χ3v) is 5.18. The predicted molar refractivity (Wildman–Crippen MR) is 86.9 cm³/mol. The van der Waals surface area contributed by atoms with Crippen molar-refractivity contribution in [1.82, 2.24) is 25.9 Å². The number of H-pyrrole nitrogens is 1. The molecule has 1 saturated carbocycles. The monoisotopic (exact) mass is 313 g/mol. The van der Waals surface area contributed by atoms with Crippen LogP contribution in [0.5, 0.6) is 5.75 Å². The quantitative estimate of drug-likeness (QED) is 0.855. The summed E-state index contributed by atoms with van der Waals surface area (Å²) in [7, 11) is 0. The van der Waals surface area contributed by atoms with Crippen LogP contribution in [0, 0.1) is 17.8 Å². The molecule has 2 fully saturated rings. The highest BCUT2D eigenvalue weighted by atomic mass is 16.5. The number of benzene rings is 1. The Morgan fingerprint density at radius 3 is 2.70 bits per heavy atom. The minimum absolute atomic E-state index is 0.611. The van der Waals surface area contributed by atoms with E-state index in [0.717, 1.165) is 35.7 Å². The van der Waals surface area contributed by atoms with Gasteiger partial charge in [-0.2, -0.15) is 5.21 Å². The van der Waals surface area contributed by atoms with Gasteiger partial charge in [0.2, 0.25) is 5.82 Å². The number of aromatic nitrogens is 4. The van der Waals surface area contributed by atoms with Crippen LogP contribution in [0.1, 0.15) is 25.7 Å². The van der Waals surface area contributed by atoms with E-state index < -0.39 is 0 Å². The summed E-state index contributed by atoms with van der Waals surface area (Å²) in [5, 5.41) is 17.4. The number of nitrogens with zero attached hydrogens (tertiary/aromatic N) is 3. The lowest BCUT2D eigenvalue weighted by Gasteiger charge is -2.22. The number of piperidine rings is 1. The van der Waals surface area contributed by atoms with Gasteiger partial charge in [-0.15, -0.1) is 10.2 Å². The van der Waals surface area contributed by atoms with Crippen molar-refractivity contribution in [3.05, 3.63) is 24.3 Å². The Bertz CT molecular complexity index is 606. The molecule has 4 rings (SSSR count). The molecule has 2 unspecified atom stereocenters. The van der Waals surface area contributed by atoms with E-state index in [0.29, 0.717) is 5.82 Å². The van der Waals surface area contributed by atoms with Crippen molar-refractivity contribution in [1.29, 1.82) is 0 Å². The smallest absolute Gasteiger partial charge is 0.204 e. The van der Waals surface area contributed by atoms with E-state index in [1.54, 1.807) is 0 Å². The molecule has 6 heteroatoms. The second kappa shape index (κ2) is 6.66. The average Bonchev–Trinajstić information content (AvgIpc) is 3.17. The van der Waals surface area contributed by atoms with E-state index in [9.17, 15) is 0 Å². The van der Waals surface area contributed by atoms with Crippen LogP contribution >= 0.6 is 0 Å². The first kappa shape index (κ1) is 14.6. The van der Waals surface area contributed by atoms with Crippen molar-refractivity contribution in [2.45, 2.75) is 25.7 Å². The Hall–Kier alpha value is -1.95. The number of rotatable bonds is 6. The van der Waals surface area contributed by atoms with E-state index in [4.69, 9.17) is 4.74 Å². The van der Waals surface area contributed by atoms with Gasteiger partial charge in [0, 0.05) is 5.56 Å². The fourth-order valence-electron chi connectivity index (χ4n) is 3.77. The van der Waals surface area contributed by atoms with Gasteiger partial charge in [-0.1, -0.05) is 0 Å². The van der Waals surface area contributed by atoms with Crippen LogP contribution in [-0.2, 0) is 0 Å². The summed E-state index contributed by atoms with van der Waals surface area (Å²) in [6.45, 7) is 3.22.